The van der Waals surface area contributed by atoms with E-state index in [0.29, 0.717) is 35.6 Å². The molecule has 4 aromatic rings. The van der Waals surface area contributed by atoms with Gasteiger partial charge in [0, 0.05) is 24.8 Å². The van der Waals surface area contributed by atoms with E-state index in [1.165, 1.54) is 0 Å². The van der Waals surface area contributed by atoms with Crippen LogP contribution in [0.4, 0.5) is 17.6 Å². The van der Waals surface area contributed by atoms with E-state index in [4.69, 9.17) is 43.1 Å². The average molecular weight is 779 g/mol. The second-order valence-electron chi connectivity index (χ2n) is 18.0. The lowest BCUT2D eigenvalue weighted by Crippen LogP contribution is -2.48. The summed E-state index contributed by atoms with van der Waals surface area (Å²) in [7, 11) is 0.973. The summed E-state index contributed by atoms with van der Waals surface area (Å²) in [5.74, 6) is 3.61. The van der Waals surface area contributed by atoms with Gasteiger partial charge in [0.25, 0.3) is 0 Å². The van der Waals surface area contributed by atoms with E-state index < -0.39 is 16.6 Å². The van der Waals surface area contributed by atoms with Crippen LogP contribution in [-0.4, -0.2) is 92.6 Å². The molecule has 54 heavy (non-hydrogen) atoms. The van der Waals surface area contributed by atoms with Gasteiger partial charge in [0.1, 0.15) is 12.1 Å². The van der Waals surface area contributed by atoms with E-state index in [-0.39, 0.29) is 28.3 Å². The first kappa shape index (κ1) is 40.0. The van der Waals surface area contributed by atoms with Crippen molar-refractivity contribution in [3.05, 3.63) is 30.4 Å². The highest BCUT2D eigenvalue weighted by molar-refractivity contribution is 6.74. The van der Waals surface area contributed by atoms with Gasteiger partial charge in [-0.15, -0.1) is 0 Å². The van der Waals surface area contributed by atoms with Crippen LogP contribution in [-0.2, 0) is 8.85 Å². The summed E-state index contributed by atoms with van der Waals surface area (Å²) in [5, 5.41) is 9.87. The minimum atomic E-state index is -1.95. The van der Waals surface area contributed by atoms with Crippen molar-refractivity contribution in [3.63, 3.8) is 0 Å². The molecule has 1 aliphatic heterocycles. The molecule has 0 unspecified atom stereocenters. The van der Waals surface area contributed by atoms with Crippen LogP contribution in [0.3, 0.4) is 0 Å². The Morgan fingerprint density at radius 1 is 0.889 bits per heavy atom. The zero-order chi connectivity index (χ0) is 39.4. The number of fused-ring (bicyclic) bond motifs is 1. The third-order valence-corrected chi connectivity index (χ3v) is 21.3. The molecule has 2 aliphatic rings. The number of hydrogen-bond donors (Lipinski definition) is 1. The Morgan fingerprint density at radius 3 is 2.13 bits per heavy atom. The van der Waals surface area contributed by atoms with Crippen molar-refractivity contribution in [2.45, 2.75) is 129 Å². The van der Waals surface area contributed by atoms with Gasteiger partial charge >= 0.3 is 0 Å². The predicted molar refractivity (Wildman–Crippen MR) is 220 cm³/mol. The first-order chi connectivity index (χ1) is 25.3. The molecule has 0 bridgehead atoms. The van der Waals surface area contributed by atoms with Crippen molar-refractivity contribution in [3.8, 4) is 22.9 Å². The molecular formula is C39H62N8O5Si2. The number of anilines is 3. The van der Waals surface area contributed by atoms with Crippen LogP contribution in [0.1, 0.15) is 79.0 Å². The lowest BCUT2D eigenvalue weighted by Gasteiger charge is -2.44. The fourth-order valence-electron chi connectivity index (χ4n) is 6.80. The number of nitrogens with zero attached hydrogens (tertiary/aromatic N) is 7. The molecule has 296 valence electrons. The summed E-state index contributed by atoms with van der Waals surface area (Å²) in [4.78, 5) is 17.5. The lowest BCUT2D eigenvalue weighted by atomic mass is 9.90. The van der Waals surface area contributed by atoms with Gasteiger partial charge in [-0.25, -0.2) is 9.67 Å². The maximum Gasteiger partial charge on any atom is 0.232 e. The Balaban J connectivity index is 1.35. The van der Waals surface area contributed by atoms with Gasteiger partial charge in [-0.05, 0) is 68.9 Å². The van der Waals surface area contributed by atoms with E-state index >= 15 is 0 Å². The van der Waals surface area contributed by atoms with Crippen molar-refractivity contribution in [1.82, 2.24) is 29.3 Å². The van der Waals surface area contributed by atoms with Crippen LogP contribution in [0.25, 0.3) is 16.7 Å². The highest BCUT2D eigenvalue weighted by Gasteiger charge is 2.44. The molecule has 0 amide bonds. The standard InChI is InChI=1S/C39H62N8O5Si2/c1-25-33-35(46-17-15-16-26(46)23-51-53(11,12)38(2,3)4)42-37(43-36(33)47(44-25)28-18-29(19-28)52-54(13,14)39(5,6)7)41-32-22-45(24-40-32)27-20-30(48-8)34(50-10)31(21-27)49-9/h20-22,24,26,28-29H,15-19,23H2,1-14H3,(H,41,42,43)/t26-,28-,29+/m0/s1. The fourth-order valence-corrected chi connectivity index (χ4v) is 9.22. The number of rotatable bonds is 13. The number of methoxy groups -OCH3 is 3. The van der Waals surface area contributed by atoms with Gasteiger partial charge in [0.15, 0.2) is 39.6 Å². The number of aromatic nitrogens is 6. The Hall–Kier alpha value is -3.67. The van der Waals surface area contributed by atoms with Gasteiger partial charge in [0.05, 0.1) is 63.0 Å². The highest BCUT2D eigenvalue weighted by atomic mass is 28.4. The predicted octanol–water partition coefficient (Wildman–Crippen LogP) is 8.81. The quantitative estimate of drug-likeness (QED) is 0.131. The monoisotopic (exact) mass is 778 g/mol. The SMILES string of the molecule is COc1cc(-n2cnc(Nc3nc(N4CCC[C@H]4CO[Si](C)(C)C(C)(C)C)c4c(C)nn([C@H]5C[C@@H](O[Si](C)(C)C(C)(C)C)C5)c4n3)c2)cc(OC)c1OC. The Morgan fingerprint density at radius 2 is 1.54 bits per heavy atom. The maximum atomic E-state index is 6.80. The molecule has 1 aliphatic carbocycles. The van der Waals surface area contributed by atoms with E-state index in [2.05, 4.69) is 89.6 Å². The lowest BCUT2D eigenvalue weighted by molar-refractivity contribution is 0.0543. The number of imidazole rings is 1. The average Bonchev–Trinajstić information content (AvgIpc) is 3.82. The summed E-state index contributed by atoms with van der Waals surface area (Å²) in [6, 6.07) is 4.17. The summed E-state index contributed by atoms with van der Waals surface area (Å²) >= 11 is 0. The summed E-state index contributed by atoms with van der Waals surface area (Å²) < 4.78 is 34.3. The fraction of sp³-hybridized carbons (Fsp3) is 0.641. The van der Waals surface area contributed by atoms with Crippen LogP contribution < -0.4 is 24.4 Å². The second-order valence-corrected chi connectivity index (χ2v) is 27.5. The molecule has 1 saturated carbocycles. The van der Waals surface area contributed by atoms with E-state index in [0.717, 1.165) is 60.5 Å². The van der Waals surface area contributed by atoms with Crippen LogP contribution in [0.5, 0.6) is 17.2 Å². The zero-order valence-corrected chi connectivity index (χ0v) is 37.0. The number of benzene rings is 1. The maximum absolute atomic E-state index is 6.80. The van der Waals surface area contributed by atoms with Crippen molar-refractivity contribution < 1.29 is 23.1 Å². The largest absolute Gasteiger partial charge is 0.493 e. The molecule has 2 fully saturated rings. The van der Waals surface area contributed by atoms with Crippen LogP contribution in [0.15, 0.2) is 24.7 Å². The van der Waals surface area contributed by atoms with Gasteiger partial charge in [-0.1, -0.05) is 41.5 Å². The molecule has 1 atom stereocenters. The number of ether oxygens (including phenoxy) is 3. The highest BCUT2D eigenvalue weighted by Crippen LogP contribution is 2.45. The molecule has 0 radical (unpaired) electrons. The smallest absolute Gasteiger partial charge is 0.232 e. The van der Waals surface area contributed by atoms with Crippen LogP contribution >= 0.6 is 0 Å². The minimum absolute atomic E-state index is 0.133. The molecule has 4 heterocycles. The Kier molecular flexibility index (Phi) is 10.9. The Labute approximate surface area is 323 Å². The Bertz CT molecular complexity index is 1930. The first-order valence-corrected chi connectivity index (χ1v) is 25.0. The van der Waals surface area contributed by atoms with Crippen molar-refractivity contribution >= 4 is 45.3 Å². The van der Waals surface area contributed by atoms with Crippen molar-refractivity contribution in [2.75, 3.05) is 44.7 Å². The van der Waals surface area contributed by atoms with Crippen molar-refractivity contribution in [1.29, 1.82) is 0 Å². The van der Waals surface area contributed by atoms with Gasteiger partial charge < -0.3 is 37.8 Å². The molecular weight excluding hydrogens is 717 g/mol. The zero-order valence-electron chi connectivity index (χ0n) is 35.0. The molecule has 13 nitrogen and oxygen atoms in total. The number of nitrogens with one attached hydrogen (secondary N) is 1. The topological polar surface area (TPSA) is 123 Å². The normalized spacial score (nSPS) is 19.7. The van der Waals surface area contributed by atoms with Gasteiger partial charge in [-0.3, -0.25) is 0 Å². The second kappa shape index (κ2) is 14.8. The molecule has 1 aromatic carbocycles. The number of aryl methyl sites for hydroxylation is 1. The third-order valence-electron chi connectivity index (χ3n) is 12.3. The summed E-state index contributed by atoms with van der Waals surface area (Å²) in [6.45, 7) is 26.7. The van der Waals surface area contributed by atoms with Crippen LogP contribution in [0.2, 0.25) is 36.3 Å². The molecule has 6 rings (SSSR count). The molecule has 1 saturated heterocycles. The summed E-state index contributed by atoms with van der Waals surface area (Å²) in [6.07, 6.45) is 7.81. The van der Waals surface area contributed by atoms with Gasteiger partial charge in [-0.2, -0.15) is 15.1 Å². The van der Waals surface area contributed by atoms with E-state index in [9.17, 15) is 0 Å². The van der Waals surface area contributed by atoms with E-state index in [1.807, 2.05) is 22.9 Å². The summed E-state index contributed by atoms with van der Waals surface area (Å²) in [5.41, 5.74) is 2.57. The van der Waals surface area contributed by atoms with Crippen molar-refractivity contribution in [2.24, 2.45) is 0 Å². The molecule has 1 N–H and O–H groups in total. The molecule has 15 heteroatoms. The first-order valence-electron chi connectivity index (χ1n) is 19.2. The number of hydrogen-bond acceptors (Lipinski definition) is 11. The minimum Gasteiger partial charge on any atom is -0.493 e. The third kappa shape index (κ3) is 7.73. The van der Waals surface area contributed by atoms with E-state index in [1.54, 1.807) is 27.7 Å². The molecule has 3 aromatic heterocycles. The molecule has 0 spiro atoms. The van der Waals surface area contributed by atoms with Crippen LogP contribution in [0, 0.1) is 6.92 Å². The van der Waals surface area contributed by atoms with Gasteiger partial charge in [0.2, 0.25) is 11.7 Å².